The molecule has 3 aromatic rings. The molecule has 164 valence electrons. The third-order valence-electron chi connectivity index (χ3n) is 5.31. The van der Waals surface area contributed by atoms with Gasteiger partial charge in [-0.25, -0.2) is 0 Å². The largest absolute Gasteiger partial charge is 0.508 e. The van der Waals surface area contributed by atoms with E-state index in [4.69, 9.17) is 13.9 Å². The van der Waals surface area contributed by atoms with Gasteiger partial charge in [0, 0.05) is 23.8 Å². The van der Waals surface area contributed by atoms with E-state index in [-0.39, 0.29) is 28.2 Å². The summed E-state index contributed by atoms with van der Waals surface area (Å²) in [6, 6.07) is 8.44. The standard InChI is InChI=1S/C22H22O9/c1-9-5-11(16-8-14(25)18-13(24)6-12(23)7-17(18)30-16)3-4-15(9)31-22-21(28)20(27)19(26)10(2)29-22/h3-8,10,19-24,26-28H,1-2H3/t10?,19-,20?,21-,22-/m0/s1. The molecule has 1 aromatic heterocycles. The van der Waals surface area contributed by atoms with Crippen LogP contribution in [-0.4, -0.2) is 56.2 Å². The number of phenols is 2. The van der Waals surface area contributed by atoms with Crippen LogP contribution in [0.3, 0.4) is 0 Å². The summed E-state index contributed by atoms with van der Waals surface area (Å²) in [6.45, 7) is 3.29. The molecule has 5 N–H and O–H groups in total. The molecule has 1 aliphatic heterocycles. The van der Waals surface area contributed by atoms with Gasteiger partial charge in [0.05, 0.1) is 6.10 Å². The van der Waals surface area contributed by atoms with E-state index in [9.17, 15) is 30.3 Å². The molecule has 9 nitrogen and oxygen atoms in total. The first kappa shape index (κ1) is 21.1. The van der Waals surface area contributed by atoms with Crippen molar-refractivity contribution in [2.24, 2.45) is 0 Å². The number of phenolic OH excluding ortho intramolecular Hbond substituents is 2. The van der Waals surface area contributed by atoms with Gasteiger partial charge in [0.15, 0.2) is 5.43 Å². The van der Waals surface area contributed by atoms with Gasteiger partial charge < -0.3 is 39.4 Å². The zero-order chi connectivity index (χ0) is 22.4. The van der Waals surface area contributed by atoms with Gasteiger partial charge in [0.1, 0.15) is 52.3 Å². The fraction of sp³-hybridized carbons (Fsp3) is 0.318. The maximum Gasteiger partial charge on any atom is 0.229 e. The van der Waals surface area contributed by atoms with Crippen molar-refractivity contribution in [1.82, 2.24) is 0 Å². The van der Waals surface area contributed by atoms with Crippen LogP contribution in [0.2, 0.25) is 0 Å². The molecule has 2 unspecified atom stereocenters. The molecular weight excluding hydrogens is 408 g/mol. The third kappa shape index (κ3) is 3.84. The molecule has 0 amide bonds. The second-order valence-electron chi connectivity index (χ2n) is 7.59. The van der Waals surface area contributed by atoms with Gasteiger partial charge in [-0.15, -0.1) is 0 Å². The molecule has 5 atom stereocenters. The molecule has 2 aromatic carbocycles. The highest BCUT2D eigenvalue weighted by atomic mass is 16.7. The predicted molar refractivity (Wildman–Crippen MR) is 109 cm³/mol. The lowest BCUT2D eigenvalue weighted by Crippen LogP contribution is -2.58. The van der Waals surface area contributed by atoms with Gasteiger partial charge >= 0.3 is 0 Å². The van der Waals surface area contributed by atoms with E-state index in [1.807, 2.05) is 0 Å². The highest BCUT2D eigenvalue weighted by Gasteiger charge is 2.43. The molecule has 0 spiro atoms. The smallest absolute Gasteiger partial charge is 0.229 e. The summed E-state index contributed by atoms with van der Waals surface area (Å²) in [7, 11) is 0. The zero-order valence-electron chi connectivity index (χ0n) is 16.7. The number of ether oxygens (including phenoxy) is 2. The molecule has 1 saturated heterocycles. The minimum Gasteiger partial charge on any atom is -0.508 e. The first-order chi connectivity index (χ1) is 14.7. The zero-order valence-corrected chi connectivity index (χ0v) is 16.7. The van der Waals surface area contributed by atoms with Crippen molar-refractivity contribution in [2.45, 2.75) is 44.6 Å². The summed E-state index contributed by atoms with van der Waals surface area (Å²) in [5.74, 6) is -0.0270. The van der Waals surface area contributed by atoms with Crippen molar-refractivity contribution in [3.63, 3.8) is 0 Å². The van der Waals surface area contributed by atoms with Gasteiger partial charge in [0.25, 0.3) is 0 Å². The predicted octanol–water partition coefficient (Wildman–Crippen LogP) is 1.39. The van der Waals surface area contributed by atoms with Crippen LogP contribution in [0, 0.1) is 6.92 Å². The van der Waals surface area contributed by atoms with Crippen molar-refractivity contribution in [3.8, 4) is 28.6 Å². The summed E-state index contributed by atoms with van der Waals surface area (Å²) >= 11 is 0. The van der Waals surface area contributed by atoms with E-state index in [2.05, 4.69) is 0 Å². The molecule has 9 heteroatoms. The van der Waals surface area contributed by atoms with Gasteiger partial charge in [0.2, 0.25) is 6.29 Å². The first-order valence-electron chi connectivity index (χ1n) is 9.63. The van der Waals surface area contributed by atoms with Crippen LogP contribution in [0.15, 0.2) is 45.6 Å². The van der Waals surface area contributed by atoms with Crippen molar-refractivity contribution in [3.05, 3.63) is 52.2 Å². The fourth-order valence-corrected chi connectivity index (χ4v) is 3.57. The topological polar surface area (TPSA) is 150 Å². The van der Waals surface area contributed by atoms with Gasteiger partial charge in [-0.1, -0.05) is 0 Å². The minimum atomic E-state index is -1.44. The monoisotopic (exact) mass is 430 g/mol. The molecule has 1 aliphatic rings. The number of aliphatic hydroxyl groups is 3. The van der Waals surface area contributed by atoms with Crippen LogP contribution in [-0.2, 0) is 4.74 Å². The fourth-order valence-electron chi connectivity index (χ4n) is 3.57. The van der Waals surface area contributed by atoms with Crippen LogP contribution in [0.5, 0.6) is 17.2 Å². The number of benzene rings is 2. The van der Waals surface area contributed by atoms with Crippen LogP contribution < -0.4 is 10.2 Å². The lowest BCUT2D eigenvalue weighted by molar-refractivity contribution is -0.268. The van der Waals surface area contributed by atoms with Crippen LogP contribution in [0.4, 0.5) is 0 Å². The molecule has 0 bridgehead atoms. The van der Waals surface area contributed by atoms with E-state index in [0.717, 1.165) is 6.07 Å². The third-order valence-corrected chi connectivity index (χ3v) is 5.31. The maximum absolute atomic E-state index is 12.4. The summed E-state index contributed by atoms with van der Waals surface area (Å²) in [5.41, 5.74) is 0.744. The van der Waals surface area contributed by atoms with E-state index in [1.165, 1.54) is 12.1 Å². The Kier molecular flexibility index (Phi) is 5.36. The number of aromatic hydroxyl groups is 2. The van der Waals surface area contributed by atoms with Gasteiger partial charge in [-0.05, 0) is 37.6 Å². The first-order valence-corrected chi connectivity index (χ1v) is 9.63. The molecule has 0 aliphatic carbocycles. The van der Waals surface area contributed by atoms with Crippen molar-refractivity contribution in [2.75, 3.05) is 0 Å². The number of aliphatic hydroxyl groups excluding tert-OH is 3. The molecule has 31 heavy (non-hydrogen) atoms. The molecule has 0 radical (unpaired) electrons. The molecular formula is C22H22O9. The summed E-state index contributed by atoms with van der Waals surface area (Å²) < 4.78 is 16.9. The molecule has 1 fully saturated rings. The number of hydrogen-bond donors (Lipinski definition) is 5. The summed E-state index contributed by atoms with van der Waals surface area (Å²) in [6.07, 6.45) is -5.99. The Bertz CT molecular complexity index is 1190. The average Bonchev–Trinajstić information content (AvgIpc) is 2.70. The number of rotatable bonds is 3. The van der Waals surface area contributed by atoms with Gasteiger partial charge in [-0.2, -0.15) is 0 Å². The second-order valence-corrected chi connectivity index (χ2v) is 7.59. The number of fused-ring (bicyclic) bond motifs is 1. The Morgan fingerprint density at radius 1 is 0.968 bits per heavy atom. The SMILES string of the molecule is Cc1cc(-c2cc(=O)c3c(O)cc(O)cc3o2)ccc1O[C@@H]1OC(C)[C@H](O)C(O)[C@@H]1O. The number of hydrogen-bond acceptors (Lipinski definition) is 9. The molecule has 4 rings (SSSR count). The van der Waals surface area contributed by atoms with Crippen LogP contribution in [0.25, 0.3) is 22.3 Å². The lowest BCUT2D eigenvalue weighted by Gasteiger charge is -2.39. The normalized spacial score (nSPS) is 26.2. The van der Waals surface area contributed by atoms with Gasteiger partial charge in [-0.3, -0.25) is 4.79 Å². The van der Waals surface area contributed by atoms with Crippen LogP contribution in [0.1, 0.15) is 12.5 Å². The molecule has 2 heterocycles. The Balaban J connectivity index is 1.64. The van der Waals surface area contributed by atoms with Crippen LogP contribution >= 0.6 is 0 Å². The van der Waals surface area contributed by atoms with E-state index in [0.29, 0.717) is 16.9 Å². The van der Waals surface area contributed by atoms with E-state index in [1.54, 1.807) is 32.0 Å². The maximum atomic E-state index is 12.4. The van der Waals surface area contributed by atoms with Crippen molar-refractivity contribution < 1.29 is 39.4 Å². The quantitative estimate of drug-likeness (QED) is 0.415. The lowest BCUT2D eigenvalue weighted by atomic mass is 10.00. The highest BCUT2D eigenvalue weighted by molar-refractivity contribution is 5.86. The Morgan fingerprint density at radius 2 is 1.71 bits per heavy atom. The Morgan fingerprint density at radius 3 is 2.42 bits per heavy atom. The Hall–Kier alpha value is -3.11. The highest BCUT2D eigenvalue weighted by Crippen LogP contribution is 2.33. The Labute approximate surface area is 176 Å². The molecule has 0 saturated carbocycles. The average molecular weight is 430 g/mol. The summed E-state index contributed by atoms with van der Waals surface area (Å²) in [4.78, 5) is 12.4. The van der Waals surface area contributed by atoms with E-state index >= 15 is 0 Å². The summed E-state index contributed by atoms with van der Waals surface area (Å²) in [5, 5.41) is 49.4. The van der Waals surface area contributed by atoms with E-state index < -0.39 is 36.1 Å². The minimum absolute atomic E-state index is 0.0310. The number of aryl methyl sites for hydroxylation is 1. The van der Waals surface area contributed by atoms with Crippen molar-refractivity contribution in [1.29, 1.82) is 0 Å². The second kappa shape index (κ2) is 7.86. The van der Waals surface area contributed by atoms with Crippen molar-refractivity contribution >= 4 is 11.0 Å².